The molecule has 1 N–H and O–H groups in total. The Kier molecular flexibility index (Phi) is 5.68. The fourth-order valence-electron chi connectivity index (χ4n) is 3.11. The molecule has 1 fully saturated rings. The number of ether oxygens (including phenoxy) is 1. The molecule has 0 saturated carbocycles. The third-order valence-electron chi connectivity index (χ3n) is 4.50. The van der Waals surface area contributed by atoms with E-state index in [4.69, 9.17) is 0 Å². The maximum absolute atomic E-state index is 13.0. The van der Waals surface area contributed by atoms with Gasteiger partial charge in [0.05, 0.1) is 13.7 Å². The summed E-state index contributed by atoms with van der Waals surface area (Å²) < 4.78 is 33.4. The highest BCUT2D eigenvalue weighted by molar-refractivity contribution is 7.89. The topological polar surface area (TPSA) is 97.7 Å². The first-order valence-electron chi connectivity index (χ1n) is 8.41. The number of thiophene rings is 1. The van der Waals surface area contributed by atoms with Crippen LogP contribution in [0, 0.1) is 0 Å². The Morgan fingerprint density at radius 2 is 2.19 bits per heavy atom. The lowest BCUT2D eigenvalue weighted by Gasteiger charge is -2.22. The van der Waals surface area contributed by atoms with Gasteiger partial charge in [-0.1, -0.05) is 6.07 Å². The van der Waals surface area contributed by atoms with Crippen LogP contribution in [0.5, 0.6) is 0 Å². The van der Waals surface area contributed by atoms with Gasteiger partial charge < -0.3 is 14.6 Å². The fraction of sp³-hybridized carbons (Fsp3) is 0.412. The van der Waals surface area contributed by atoms with Crippen molar-refractivity contribution in [2.45, 2.75) is 30.3 Å². The van der Waals surface area contributed by atoms with Gasteiger partial charge in [0.15, 0.2) is 0 Å². The number of carbonyl (C=O) groups excluding carboxylic acids is 2. The van der Waals surface area contributed by atoms with Crippen molar-refractivity contribution < 1.29 is 22.7 Å². The monoisotopic (exact) mass is 411 g/mol. The van der Waals surface area contributed by atoms with Gasteiger partial charge in [0.2, 0.25) is 15.9 Å². The van der Waals surface area contributed by atoms with E-state index in [1.165, 1.54) is 39.6 Å². The summed E-state index contributed by atoms with van der Waals surface area (Å²) in [4.78, 5) is 25.3. The maximum Gasteiger partial charge on any atom is 0.354 e. The normalized spacial score (nSPS) is 17.8. The lowest BCUT2D eigenvalue weighted by molar-refractivity contribution is -0.124. The van der Waals surface area contributed by atoms with Crippen molar-refractivity contribution in [2.75, 3.05) is 13.7 Å². The molecule has 10 heteroatoms. The highest BCUT2D eigenvalue weighted by Crippen LogP contribution is 2.27. The number of nitrogens with zero attached hydrogens (tertiary/aromatic N) is 2. The first kappa shape index (κ1) is 19.6. The summed E-state index contributed by atoms with van der Waals surface area (Å²) in [7, 11) is -1.10. The van der Waals surface area contributed by atoms with E-state index >= 15 is 0 Å². The molecule has 1 aliphatic heterocycles. The van der Waals surface area contributed by atoms with E-state index in [1.54, 1.807) is 7.05 Å². The molecule has 0 unspecified atom stereocenters. The van der Waals surface area contributed by atoms with Crippen molar-refractivity contribution in [3.05, 3.63) is 40.3 Å². The lowest BCUT2D eigenvalue weighted by atomic mass is 10.2. The van der Waals surface area contributed by atoms with Gasteiger partial charge in [0.1, 0.15) is 16.6 Å². The number of methoxy groups -OCH3 is 1. The minimum atomic E-state index is -3.90. The number of esters is 1. The molecule has 146 valence electrons. The summed E-state index contributed by atoms with van der Waals surface area (Å²) in [5, 5.41) is 4.73. The molecule has 3 heterocycles. The molecule has 3 rings (SSSR count). The first-order chi connectivity index (χ1) is 12.8. The molecular weight excluding hydrogens is 390 g/mol. The van der Waals surface area contributed by atoms with Crippen molar-refractivity contribution >= 4 is 33.2 Å². The molecule has 1 saturated heterocycles. The van der Waals surface area contributed by atoms with E-state index in [2.05, 4.69) is 10.1 Å². The van der Waals surface area contributed by atoms with Crippen LogP contribution < -0.4 is 5.32 Å². The number of amides is 1. The smallest absolute Gasteiger partial charge is 0.354 e. The summed E-state index contributed by atoms with van der Waals surface area (Å²) in [5.41, 5.74) is 0.133. The van der Waals surface area contributed by atoms with Crippen LogP contribution in [0.3, 0.4) is 0 Å². The molecule has 1 atom stereocenters. The predicted octanol–water partition coefficient (Wildman–Crippen LogP) is 1.34. The van der Waals surface area contributed by atoms with Crippen molar-refractivity contribution in [3.8, 4) is 0 Å². The van der Waals surface area contributed by atoms with Gasteiger partial charge in [-0.2, -0.15) is 4.31 Å². The van der Waals surface area contributed by atoms with Crippen LogP contribution in [0.2, 0.25) is 0 Å². The van der Waals surface area contributed by atoms with Crippen LogP contribution in [-0.2, 0) is 33.1 Å². The average molecular weight is 412 g/mol. The minimum Gasteiger partial charge on any atom is -0.464 e. The number of aryl methyl sites for hydroxylation is 1. The Bertz CT molecular complexity index is 934. The molecule has 1 aliphatic rings. The second-order valence-corrected chi connectivity index (χ2v) is 9.16. The Hall–Kier alpha value is -2.17. The molecule has 2 aromatic rings. The molecule has 0 bridgehead atoms. The van der Waals surface area contributed by atoms with Crippen molar-refractivity contribution in [3.63, 3.8) is 0 Å². The third kappa shape index (κ3) is 3.92. The molecular formula is C17H21N3O5S2. The maximum atomic E-state index is 13.0. The number of sulfonamides is 1. The Balaban J connectivity index is 1.78. The number of rotatable bonds is 6. The van der Waals surface area contributed by atoms with Gasteiger partial charge >= 0.3 is 5.97 Å². The number of nitrogens with one attached hydrogen (secondary N) is 1. The van der Waals surface area contributed by atoms with Gasteiger partial charge in [0, 0.05) is 24.7 Å². The standard InChI is InChI=1S/C17H21N3O5S2/c1-19-11-13(9-15(19)17(22)25-2)27(23,24)20-7-3-6-14(20)16(21)18-10-12-5-4-8-26-12/h4-5,8-9,11,14H,3,6-7,10H2,1-2H3,(H,18,21)/t14-/m0/s1. The Labute approximate surface area is 161 Å². The van der Waals surface area contributed by atoms with Gasteiger partial charge in [0.25, 0.3) is 0 Å². The van der Waals surface area contributed by atoms with Crippen LogP contribution in [0.4, 0.5) is 0 Å². The van der Waals surface area contributed by atoms with Gasteiger partial charge in [-0.3, -0.25) is 4.79 Å². The number of hydrogen-bond donors (Lipinski definition) is 1. The SMILES string of the molecule is COC(=O)c1cc(S(=O)(=O)N2CCC[C@H]2C(=O)NCc2cccs2)cn1C. The summed E-state index contributed by atoms with van der Waals surface area (Å²) in [5.74, 6) is -0.931. The van der Waals surface area contributed by atoms with Crippen LogP contribution >= 0.6 is 11.3 Å². The second kappa shape index (κ2) is 7.83. The van der Waals surface area contributed by atoms with E-state index in [0.29, 0.717) is 19.4 Å². The Morgan fingerprint density at radius 1 is 1.41 bits per heavy atom. The molecule has 27 heavy (non-hydrogen) atoms. The summed E-state index contributed by atoms with van der Waals surface area (Å²) in [6.45, 7) is 0.639. The lowest BCUT2D eigenvalue weighted by Crippen LogP contribution is -2.45. The zero-order valence-corrected chi connectivity index (χ0v) is 16.7. The minimum absolute atomic E-state index is 0.0247. The largest absolute Gasteiger partial charge is 0.464 e. The van der Waals surface area contributed by atoms with Gasteiger partial charge in [-0.25, -0.2) is 13.2 Å². The summed E-state index contributed by atoms with van der Waals surface area (Å²) in [6, 6.07) is 4.33. The van der Waals surface area contributed by atoms with Crippen molar-refractivity contribution in [2.24, 2.45) is 7.05 Å². The van der Waals surface area contributed by atoms with E-state index in [-0.39, 0.29) is 23.0 Å². The van der Waals surface area contributed by atoms with Gasteiger partial charge in [-0.15, -0.1) is 11.3 Å². The van der Waals surface area contributed by atoms with Crippen LogP contribution in [-0.4, -0.2) is 48.9 Å². The zero-order valence-electron chi connectivity index (χ0n) is 15.0. The van der Waals surface area contributed by atoms with Crippen molar-refractivity contribution in [1.29, 1.82) is 0 Å². The average Bonchev–Trinajstić information content (AvgIpc) is 3.38. The summed E-state index contributed by atoms with van der Waals surface area (Å²) >= 11 is 1.53. The number of hydrogen-bond acceptors (Lipinski definition) is 6. The highest BCUT2D eigenvalue weighted by atomic mass is 32.2. The first-order valence-corrected chi connectivity index (χ1v) is 10.7. The quantitative estimate of drug-likeness (QED) is 0.724. The van der Waals surface area contributed by atoms with E-state index in [9.17, 15) is 18.0 Å². The van der Waals surface area contributed by atoms with Crippen LogP contribution in [0.15, 0.2) is 34.7 Å². The summed E-state index contributed by atoms with van der Waals surface area (Å²) in [6.07, 6.45) is 2.43. The van der Waals surface area contributed by atoms with Gasteiger partial charge in [-0.05, 0) is 30.4 Å². The van der Waals surface area contributed by atoms with Crippen molar-refractivity contribution in [1.82, 2.24) is 14.2 Å². The second-order valence-electron chi connectivity index (χ2n) is 6.23. The van der Waals surface area contributed by atoms with Crippen LogP contribution in [0.1, 0.15) is 28.2 Å². The molecule has 0 radical (unpaired) electrons. The number of carbonyl (C=O) groups is 2. The zero-order chi connectivity index (χ0) is 19.6. The fourth-order valence-corrected chi connectivity index (χ4v) is 5.49. The van der Waals surface area contributed by atoms with Crippen LogP contribution in [0.25, 0.3) is 0 Å². The highest BCUT2D eigenvalue weighted by Gasteiger charge is 2.40. The molecule has 2 aromatic heterocycles. The molecule has 0 aliphatic carbocycles. The molecule has 1 amide bonds. The van der Waals surface area contributed by atoms with E-state index in [1.807, 2.05) is 17.5 Å². The Morgan fingerprint density at radius 3 is 2.85 bits per heavy atom. The molecule has 0 spiro atoms. The van der Waals surface area contributed by atoms with E-state index < -0.39 is 22.0 Å². The molecule has 0 aromatic carbocycles. The molecule has 8 nitrogen and oxygen atoms in total. The van der Waals surface area contributed by atoms with E-state index in [0.717, 1.165) is 4.88 Å². The third-order valence-corrected chi connectivity index (χ3v) is 7.25. The number of aromatic nitrogens is 1. The predicted molar refractivity (Wildman–Crippen MR) is 99.8 cm³/mol.